The molecule has 0 radical (unpaired) electrons. The molecule has 0 fully saturated rings. The smallest absolute Gasteiger partial charge is 0.221 e. The summed E-state index contributed by atoms with van der Waals surface area (Å²) < 4.78 is 0. The Labute approximate surface area is 137 Å². The summed E-state index contributed by atoms with van der Waals surface area (Å²) in [6, 6.07) is 20.4. The Balaban J connectivity index is 1.76. The van der Waals surface area contributed by atoms with Crippen LogP contribution >= 0.6 is 11.8 Å². The quantitative estimate of drug-likeness (QED) is 0.772. The number of carbonyl (C=O) groups excluding carboxylic acids is 1. The van der Waals surface area contributed by atoms with E-state index in [4.69, 9.17) is 0 Å². The minimum Gasteiger partial charge on any atom is -0.351 e. The van der Waals surface area contributed by atoms with Gasteiger partial charge < -0.3 is 5.32 Å². The van der Waals surface area contributed by atoms with Crippen molar-refractivity contribution < 1.29 is 4.79 Å². The number of carbonyl (C=O) groups is 1. The predicted octanol–water partition coefficient (Wildman–Crippen LogP) is 4.31. The molecule has 0 heterocycles. The zero-order valence-electron chi connectivity index (χ0n) is 13.2. The molecule has 0 bridgehead atoms. The van der Waals surface area contributed by atoms with Crippen LogP contribution in [0.4, 0.5) is 0 Å². The van der Waals surface area contributed by atoms with Gasteiger partial charge in [0.25, 0.3) is 0 Å². The molecule has 0 unspecified atom stereocenters. The fraction of sp³-hybridized carbons (Fsp3) is 0.316. The fourth-order valence-electron chi connectivity index (χ4n) is 2.37. The molecule has 0 aliphatic rings. The van der Waals surface area contributed by atoms with Gasteiger partial charge >= 0.3 is 0 Å². The first-order valence-electron chi connectivity index (χ1n) is 7.58. The van der Waals surface area contributed by atoms with E-state index in [1.807, 2.05) is 36.4 Å². The summed E-state index contributed by atoms with van der Waals surface area (Å²) >= 11 is 1.72. The first kappa shape index (κ1) is 16.6. The molecule has 2 aromatic carbocycles. The number of thioether (sulfide) groups is 1. The first-order valence-corrected chi connectivity index (χ1v) is 8.56. The second-order valence-corrected chi connectivity index (χ2v) is 7.17. The van der Waals surface area contributed by atoms with Crippen LogP contribution in [0, 0.1) is 0 Å². The van der Waals surface area contributed by atoms with E-state index in [1.165, 1.54) is 10.5 Å². The highest BCUT2D eigenvalue weighted by molar-refractivity contribution is 7.99. The summed E-state index contributed by atoms with van der Waals surface area (Å²) in [4.78, 5) is 13.3. The standard InChI is InChI=1S/C19H23NOS/c1-19(2,15-16-9-5-3-6-10-16)20-18(21)13-14-22-17-11-7-4-8-12-17/h3-12H,13-15H2,1-2H3,(H,20,21). The molecule has 0 saturated carbocycles. The SMILES string of the molecule is CC(C)(Cc1ccccc1)NC(=O)CCSc1ccccc1. The second-order valence-electron chi connectivity index (χ2n) is 6.01. The minimum absolute atomic E-state index is 0.115. The maximum Gasteiger partial charge on any atom is 0.221 e. The summed E-state index contributed by atoms with van der Waals surface area (Å²) in [6.45, 7) is 4.14. The molecule has 0 aromatic heterocycles. The molecule has 22 heavy (non-hydrogen) atoms. The molecule has 3 heteroatoms. The topological polar surface area (TPSA) is 29.1 Å². The lowest BCUT2D eigenvalue weighted by Crippen LogP contribution is -2.45. The molecule has 0 aliphatic heterocycles. The lowest BCUT2D eigenvalue weighted by Gasteiger charge is -2.26. The highest BCUT2D eigenvalue weighted by Crippen LogP contribution is 2.18. The van der Waals surface area contributed by atoms with Gasteiger partial charge in [0.1, 0.15) is 0 Å². The molecular formula is C19H23NOS. The van der Waals surface area contributed by atoms with Crippen LogP contribution < -0.4 is 5.32 Å². The van der Waals surface area contributed by atoms with Crippen LogP contribution in [0.2, 0.25) is 0 Å². The van der Waals surface area contributed by atoms with E-state index >= 15 is 0 Å². The highest BCUT2D eigenvalue weighted by Gasteiger charge is 2.20. The number of benzene rings is 2. The molecule has 0 atom stereocenters. The van der Waals surface area contributed by atoms with Crippen LogP contribution in [0.3, 0.4) is 0 Å². The van der Waals surface area contributed by atoms with Crippen LogP contribution in [0.25, 0.3) is 0 Å². The molecule has 1 amide bonds. The normalized spacial score (nSPS) is 11.2. The molecule has 0 saturated heterocycles. The van der Waals surface area contributed by atoms with Crippen molar-refractivity contribution in [3.8, 4) is 0 Å². The number of hydrogen-bond donors (Lipinski definition) is 1. The largest absolute Gasteiger partial charge is 0.351 e. The molecule has 2 rings (SSSR count). The monoisotopic (exact) mass is 313 g/mol. The second kappa shape index (κ2) is 8.04. The van der Waals surface area contributed by atoms with Crippen LogP contribution in [0.5, 0.6) is 0 Å². The van der Waals surface area contributed by atoms with E-state index in [0.717, 1.165) is 12.2 Å². The number of hydrogen-bond acceptors (Lipinski definition) is 2. The number of rotatable bonds is 7. The first-order chi connectivity index (χ1) is 10.6. The van der Waals surface area contributed by atoms with Crippen molar-refractivity contribution in [1.82, 2.24) is 5.32 Å². The lowest BCUT2D eigenvalue weighted by atomic mass is 9.95. The van der Waals surface area contributed by atoms with Crippen molar-refractivity contribution >= 4 is 17.7 Å². The Morgan fingerprint density at radius 3 is 2.23 bits per heavy atom. The molecule has 2 aromatic rings. The molecule has 2 nitrogen and oxygen atoms in total. The van der Waals surface area contributed by atoms with Gasteiger partial charge in [-0.25, -0.2) is 0 Å². The Kier molecular flexibility index (Phi) is 6.08. The summed E-state index contributed by atoms with van der Waals surface area (Å²) in [5, 5.41) is 3.14. The van der Waals surface area contributed by atoms with Crippen molar-refractivity contribution in [3.63, 3.8) is 0 Å². The summed E-state index contributed by atoms with van der Waals surface area (Å²) in [5.41, 5.74) is 1.02. The van der Waals surface area contributed by atoms with Gasteiger partial charge in [0.2, 0.25) is 5.91 Å². The third-order valence-corrected chi connectivity index (χ3v) is 4.32. The zero-order chi connectivity index (χ0) is 15.8. The van der Waals surface area contributed by atoms with Crippen LogP contribution in [0.15, 0.2) is 65.6 Å². The van der Waals surface area contributed by atoms with E-state index in [-0.39, 0.29) is 11.4 Å². The van der Waals surface area contributed by atoms with Gasteiger partial charge in [0, 0.05) is 22.6 Å². The van der Waals surface area contributed by atoms with Crippen molar-refractivity contribution in [2.24, 2.45) is 0 Å². The van der Waals surface area contributed by atoms with Gasteiger partial charge in [-0.2, -0.15) is 0 Å². The summed E-state index contributed by atoms with van der Waals surface area (Å²) in [6.07, 6.45) is 1.38. The van der Waals surface area contributed by atoms with Crippen molar-refractivity contribution in [3.05, 3.63) is 66.2 Å². The number of nitrogens with one attached hydrogen (secondary N) is 1. The minimum atomic E-state index is -0.226. The number of amides is 1. The Bertz CT molecular complexity index is 581. The third kappa shape index (κ3) is 5.94. The Hall–Kier alpha value is -1.74. The molecule has 0 spiro atoms. The predicted molar refractivity (Wildman–Crippen MR) is 94.2 cm³/mol. The van der Waals surface area contributed by atoms with E-state index in [9.17, 15) is 4.79 Å². The van der Waals surface area contributed by atoms with Gasteiger partial charge in [-0.1, -0.05) is 48.5 Å². The molecule has 1 N–H and O–H groups in total. The van der Waals surface area contributed by atoms with Crippen molar-refractivity contribution in [1.29, 1.82) is 0 Å². The van der Waals surface area contributed by atoms with Gasteiger partial charge in [0.05, 0.1) is 0 Å². The van der Waals surface area contributed by atoms with E-state index in [2.05, 4.69) is 43.4 Å². The van der Waals surface area contributed by atoms with Crippen molar-refractivity contribution in [2.45, 2.75) is 37.1 Å². The zero-order valence-corrected chi connectivity index (χ0v) is 14.0. The third-order valence-electron chi connectivity index (χ3n) is 3.31. The van der Waals surface area contributed by atoms with Gasteiger partial charge in [0.15, 0.2) is 0 Å². The van der Waals surface area contributed by atoms with Crippen LogP contribution in [-0.2, 0) is 11.2 Å². The lowest BCUT2D eigenvalue weighted by molar-refractivity contribution is -0.122. The Morgan fingerprint density at radius 2 is 1.59 bits per heavy atom. The van der Waals surface area contributed by atoms with E-state index < -0.39 is 0 Å². The average molecular weight is 313 g/mol. The maximum atomic E-state index is 12.1. The summed E-state index contributed by atoms with van der Waals surface area (Å²) in [5.74, 6) is 0.918. The highest BCUT2D eigenvalue weighted by atomic mass is 32.2. The van der Waals surface area contributed by atoms with Crippen molar-refractivity contribution in [2.75, 3.05) is 5.75 Å². The molecular weight excluding hydrogens is 290 g/mol. The van der Waals surface area contributed by atoms with E-state index in [0.29, 0.717) is 6.42 Å². The van der Waals surface area contributed by atoms with E-state index in [1.54, 1.807) is 11.8 Å². The maximum absolute atomic E-state index is 12.1. The van der Waals surface area contributed by atoms with Crippen LogP contribution in [0.1, 0.15) is 25.8 Å². The summed E-state index contributed by atoms with van der Waals surface area (Å²) in [7, 11) is 0. The van der Waals surface area contributed by atoms with Gasteiger partial charge in [-0.3, -0.25) is 4.79 Å². The van der Waals surface area contributed by atoms with Gasteiger partial charge in [-0.05, 0) is 38.0 Å². The fourth-order valence-corrected chi connectivity index (χ4v) is 3.24. The molecule has 0 aliphatic carbocycles. The Morgan fingerprint density at radius 1 is 1.00 bits per heavy atom. The van der Waals surface area contributed by atoms with Gasteiger partial charge in [-0.15, -0.1) is 11.8 Å². The van der Waals surface area contributed by atoms with Crippen LogP contribution in [-0.4, -0.2) is 17.2 Å². The molecule has 116 valence electrons. The average Bonchev–Trinajstić information content (AvgIpc) is 2.48.